The summed E-state index contributed by atoms with van der Waals surface area (Å²) in [6.07, 6.45) is -0.415. The molecular formula is C30H41N4O11PS2. The number of carbonyl (C=O) groups is 5. The number of ketones is 1. The molecule has 0 aliphatic rings. The highest BCUT2D eigenvalue weighted by Crippen LogP contribution is 2.44. The lowest BCUT2D eigenvalue weighted by Crippen LogP contribution is -2.43. The van der Waals surface area contributed by atoms with E-state index in [-0.39, 0.29) is 54.9 Å². The van der Waals surface area contributed by atoms with Gasteiger partial charge < -0.3 is 36.5 Å². The first kappa shape index (κ1) is 40.4. The Labute approximate surface area is 282 Å². The number of fused-ring (bicyclic) bond motifs is 1. The molecule has 8 N–H and O–H groups in total. The van der Waals surface area contributed by atoms with E-state index in [1.54, 1.807) is 30.9 Å². The molecule has 0 spiro atoms. The predicted octanol–water partition coefficient (Wildman–Crippen LogP) is 2.70. The number of carboxylic acids is 2. The van der Waals surface area contributed by atoms with Crippen LogP contribution in [0.4, 0.5) is 5.69 Å². The van der Waals surface area contributed by atoms with Gasteiger partial charge in [-0.25, -0.2) is 0 Å². The Morgan fingerprint density at radius 2 is 1.65 bits per heavy atom. The highest BCUT2D eigenvalue weighted by molar-refractivity contribution is 8.02. The molecule has 3 unspecified atom stereocenters. The van der Waals surface area contributed by atoms with Crippen LogP contribution in [0.5, 0.6) is 0 Å². The van der Waals surface area contributed by atoms with E-state index in [0.717, 1.165) is 11.8 Å². The number of nitrogens with one attached hydrogen (secondary N) is 3. The number of carboxylic acid groups (broad SMARTS) is 2. The van der Waals surface area contributed by atoms with E-state index in [0.29, 0.717) is 29.4 Å². The second-order valence-corrected chi connectivity index (χ2v) is 16.4. The third kappa shape index (κ3) is 14.6. The van der Waals surface area contributed by atoms with Gasteiger partial charge in [-0.15, -0.1) is 11.8 Å². The van der Waals surface area contributed by atoms with Crippen LogP contribution < -0.4 is 21.7 Å². The van der Waals surface area contributed by atoms with Crippen LogP contribution in [-0.2, 0) is 38.7 Å². The molecule has 3 atom stereocenters. The lowest BCUT2D eigenvalue weighted by atomic mass is 10.1. The third-order valence-corrected chi connectivity index (χ3v) is 10.9. The molecule has 0 heterocycles. The van der Waals surface area contributed by atoms with Crippen molar-refractivity contribution in [2.24, 2.45) is 5.73 Å². The first-order chi connectivity index (χ1) is 22.5. The fourth-order valence-corrected chi connectivity index (χ4v) is 7.98. The lowest BCUT2D eigenvalue weighted by Gasteiger charge is -2.17. The lowest BCUT2D eigenvalue weighted by molar-refractivity contribution is -0.139. The van der Waals surface area contributed by atoms with Crippen molar-refractivity contribution >= 4 is 75.0 Å². The minimum absolute atomic E-state index is 0.0303. The SMILES string of the molecule is CP(=O)(C=CSCC(NC(=O)CCC(N)C(=O)O)C(=O)CCC(=O)O)CCCC(=O)NCCNc1cccc2c(S(=O)(=O)O)cccc12. The van der Waals surface area contributed by atoms with Crippen LogP contribution in [0.2, 0.25) is 0 Å². The molecule has 2 amide bonds. The number of aliphatic carboxylic acids is 2. The van der Waals surface area contributed by atoms with Gasteiger partial charge in [0.1, 0.15) is 18.1 Å². The van der Waals surface area contributed by atoms with Crippen LogP contribution in [0, 0.1) is 0 Å². The molecule has 0 aliphatic carbocycles. The van der Waals surface area contributed by atoms with Crippen molar-refractivity contribution in [3.05, 3.63) is 47.6 Å². The fraction of sp³-hybridized carbons (Fsp3) is 0.433. The molecule has 48 heavy (non-hydrogen) atoms. The number of amides is 2. The average molecular weight is 729 g/mol. The van der Waals surface area contributed by atoms with E-state index in [1.807, 2.05) is 0 Å². The van der Waals surface area contributed by atoms with Gasteiger partial charge in [0.25, 0.3) is 10.1 Å². The zero-order chi connectivity index (χ0) is 35.9. The molecule has 264 valence electrons. The summed E-state index contributed by atoms with van der Waals surface area (Å²) in [5, 5.41) is 28.6. The van der Waals surface area contributed by atoms with Crippen molar-refractivity contribution in [1.29, 1.82) is 0 Å². The van der Waals surface area contributed by atoms with Gasteiger partial charge >= 0.3 is 11.9 Å². The Balaban J connectivity index is 1.79. The van der Waals surface area contributed by atoms with Crippen LogP contribution in [-0.4, -0.2) is 96.5 Å². The summed E-state index contributed by atoms with van der Waals surface area (Å²) in [5.41, 5.74) is 6.03. The maximum absolute atomic E-state index is 13.0. The van der Waals surface area contributed by atoms with Crippen molar-refractivity contribution in [2.75, 3.05) is 37.0 Å². The molecule has 18 heteroatoms. The monoisotopic (exact) mass is 728 g/mol. The molecule has 0 saturated carbocycles. The summed E-state index contributed by atoms with van der Waals surface area (Å²) in [4.78, 5) is 58.7. The van der Waals surface area contributed by atoms with E-state index >= 15 is 0 Å². The van der Waals surface area contributed by atoms with E-state index < -0.39 is 59.4 Å². The van der Waals surface area contributed by atoms with Crippen molar-refractivity contribution in [3.8, 4) is 0 Å². The quantitative estimate of drug-likeness (QED) is 0.0523. The summed E-state index contributed by atoms with van der Waals surface area (Å²) in [6, 6.07) is 7.23. The molecule has 0 radical (unpaired) electrons. The Bertz CT molecular complexity index is 1670. The van der Waals surface area contributed by atoms with Gasteiger partial charge in [-0.05, 0) is 42.9 Å². The summed E-state index contributed by atoms with van der Waals surface area (Å²) in [5.74, 6) is -2.29. The molecule has 2 aromatic carbocycles. The molecule has 0 bridgehead atoms. The van der Waals surface area contributed by atoms with Gasteiger partial charge in [0, 0.05) is 60.7 Å². The fourth-order valence-electron chi connectivity index (χ4n) is 4.40. The van der Waals surface area contributed by atoms with Gasteiger partial charge in [0.2, 0.25) is 11.8 Å². The standard InChI is InChI=1S/C30H41N4O11PS2/c1-46(42,17-18-47-19-24(25(35)11-13-29(38)39)34-28(37)12-10-22(31)30(40)41)16-4-9-27(36)33-15-14-32-23-7-2-6-21-20(23)5-3-8-26(21)48(43,44)45/h2-3,5-8,17-18,22,24,32H,4,9-16,19,31H2,1H3,(H,33,36)(H,34,37)(H,38,39)(H,40,41)(H,43,44,45). The zero-order valence-corrected chi connectivity index (χ0v) is 28.8. The number of Topliss-reactive ketones (excluding diaryl/α,β-unsaturated/α-hetero) is 1. The van der Waals surface area contributed by atoms with Crippen LogP contribution >= 0.6 is 18.9 Å². The normalized spacial score (nSPS) is 14.1. The van der Waals surface area contributed by atoms with Gasteiger partial charge in [0.15, 0.2) is 5.78 Å². The number of nitrogens with two attached hydrogens (primary N) is 1. The van der Waals surface area contributed by atoms with E-state index in [9.17, 15) is 41.5 Å². The molecule has 0 aromatic heterocycles. The van der Waals surface area contributed by atoms with E-state index in [4.69, 9.17) is 15.9 Å². The van der Waals surface area contributed by atoms with Crippen molar-refractivity contribution in [3.63, 3.8) is 0 Å². The largest absolute Gasteiger partial charge is 0.481 e. The summed E-state index contributed by atoms with van der Waals surface area (Å²) in [6.45, 7) is 2.15. The summed E-state index contributed by atoms with van der Waals surface area (Å²) < 4.78 is 45.8. The zero-order valence-electron chi connectivity index (χ0n) is 26.3. The van der Waals surface area contributed by atoms with E-state index in [1.165, 1.54) is 23.4 Å². The Morgan fingerprint density at radius 1 is 0.958 bits per heavy atom. The molecule has 2 aromatic rings. The van der Waals surface area contributed by atoms with Gasteiger partial charge in [-0.2, -0.15) is 8.42 Å². The van der Waals surface area contributed by atoms with Crippen molar-refractivity contribution < 1.29 is 51.7 Å². The predicted molar refractivity (Wildman–Crippen MR) is 183 cm³/mol. The molecule has 0 fully saturated rings. The second kappa shape index (κ2) is 19.3. The first-order valence-electron chi connectivity index (χ1n) is 14.9. The van der Waals surface area contributed by atoms with Gasteiger partial charge in [-0.1, -0.05) is 24.3 Å². The maximum atomic E-state index is 13.0. The molecule has 0 saturated heterocycles. The number of anilines is 1. The van der Waals surface area contributed by atoms with Gasteiger partial charge in [0.05, 0.1) is 12.5 Å². The minimum Gasteiger partial charge on any atom is -0.481 e. The number of thioether (sulfide) groups is 1. The number of hydrogen-bond acceptors (Lipinski definition) is 11. The van der Waals surface area contributed by atoms with Crippen LogP contribution in [0.25, 0.3) is 10.8 Å². The Hall–Kier alpha value is -3.76. The maximum Gasteiger partial charge on any atom is 0.320 e. The van der Waals surface area contributed by atoms with Crippen molar-refractivity contribution in [1.82, 2.24) is 10.6 Å². The minimum atomic E-state index is -4.40. The number of hydrogen-bond donors (Lipinski definition) is 7. The molecule has 15 nitrogen and oxygen atoms in total. The molecular weight excluding hydrogens is 687 g/mol. The summed E-state index contributed by atoms with van der Waals surface area (Å²) >= 11 is 1.09. The average Bonchev–Trinajstić information content (AvgIpc) is 3.01. The molecule has 0 aliphatic heterocycles. The highest BCUT2D eigenvalue weighted by Gasteiger charge is 2.23. The first-order valence-corrected chi connectivity index (χ1v) is 19.8. The Morgan fingerprint density at radius 3 is 2.31 bits per heavy atom. The topological polar surface area (TPSA) is 259 Å². The third-order valence-electron chi connectivity index (χ3n) is 6.97. The van der Waals surface area contributed by atoms with Gasteiger partial charge in [-0.3, -0.25) is 28.5 Å². The summed E-state index contributed by atoms with van der Waals surface area (Å²) in [7, 11) is -7.20. The Kier molecular flexibility index (Phi) is 16.2. The van der Waals surface area contributed by atoms with Crippen LogP contribution in [0.3, 0.4) is 0 Å². The number of carbonyl (C=O) groups excluding carboxylic acids is 3. The highest BCUT2D eigenvalue weighted by atomic mass is 32.2. The van der Waals surface area contributed by atoms with E-state index in [2.05, 4.69) is 16.0 Å². The smallest absolute Gasteiger partial charge is 0.320 e. The van der Waals surface area contributed by atoms with Crippen LogP contribution in [0.1, 0.15) is 38.5 Å². The molecule has 2 rings (SSSR count). The van der Waals surface area contributed by atoms with Crippen molar-refractivity contribution in [2.45, 2.75) is 55.5 Å². The number of benzene rings is 2. The second-order valence-electron chi connectivity index (χ2n) is 11.0. The number of rotatable bonds is 22. The van der Waals surface area contributed by atoms with Crippen LogP contribution in [0.15, 0.2) is 52.5 Å².